The van der Waals surface area contributed by atoms with Crippen molar-refractivity contribution >= 4 is 22.2 Å². The predicted molar refractivity (Wildman–Crippen MR) is 89.9 cm³/mol. The molecule has 0 aliphatic rings. The minimum atomic E-state index is 0.228. The van der Waals surface area contributed by atoms with Gasteiger partial charge in [0.15, 0.2) is 0 Å². The highest BCUT2D eigenvalue weighted by atomic mass is 32.1. The second kappa shape index (κ2) is 6.00. The van der Waals surface area contributed by atoms with Crippen LogP contribution in [-0.2, 0) is 13.0 Å². The molecular weight excluding hydrogens is 278 g/mol. The Morgan fingerprint density at radius 2 is 2.14 bits per heavy atom. The first kappa shape index (κ1) is 14.3. The van der Waals surface area contributed by atoms with Gasteiger partial charge in [-0.1, -0.05) is 25.1 Å². The highest BCUT2D eigenvalue weighted by molar-refractivity contribution is 7.09. The van der Waals surface area contributed by atoms with Gasteiger partial charge in [0.25, 0.3) is 0 Å². The summed E-state index contributed by atoms with van der Waals surface area (Å²) >= 11 is 1.71. The number of aromatic nitrogens is 2. The van der Waals surface area contributed by atoms with Crippen molar-refractivity contribution in [3.05, 3.63) is 52.1 Å². The second-order valence-electron chi connectivity index (χ2n) is 5.53. The first-order chi connectivity index (χ1) is 10.2. The Hall–Kier alpha value is -1.65. The average Bonchev–Trinajstić information content (AvgIpc) is 3.04. The summed E-state index contributed by atoms with van der Waals surface area (Å²) in [4.78, 5) is 4.57. The quantitative estimate of drug-likeness (QED) is 0.780. The molecule has 2 aromatic heterocycles. The van der Waals surface area contributed by atoms with Crippen LogP contribution in [0.2, 0.25) is 0 Å². The van der Waals surface area contributed by atoms with E-state index < -0.39 is 0 Å². The van der Waals surface area contributed by atoms with Crippen LogP contribution in [0.25, 0.3) is 10.9 Å². The summed E-state index contributed by atoms with van der Waals surface area (Å²) in [6, 6.07) is 8.78. The molecule has 2 heterocycles. The first-order valence-corrected chi connectivity index (χ1v) is 8.28. The molecule has 3 nitrogen and oxygen atoms in total. The lowest BCUT2D eigenvalue weighted by Crippen LogP contribution is -2.21. The smallest absolute Gasteiger partial charge is 0.0898 e. The van der Waals surface area contributed by atoms with E-state index in [9.17, 15) is 0 Å². The third-order valence-electron chi connectivity index (χ3n) is 3.88. The van der Waals surface area contributed by atoms with E-state index >= 15 is 0 Å². The largest absolute Gasteiger partial charge is 0.341 e. The molecular formula is C17H21N3S. The van der Waals surface area contributed by atoms with Crippen LogP contribution in [0.5, 0.6) is 0 Å². The summed E-state index contributed by atoms with van der Waals surface area (Å²) in [5, 5.41) is 4.57. The molecule has 110 valence electrons. The monoisotopic (exact) mass is 299 g/mol. The van der Waals surface area contributed by atoms with Gasteiger partial charge in [-0.3, -0.25) is 0 Å². The number of fused-ring (bicyclic) bond motifs is 1. The fourth-order valence-corrected chi connectivity index (χ4v) is 3.30. The number of thiazole rings is 1. The molecule has 1 atom stereocenters. The summed E-state index contributed by atoms with van der Waals surface area (Å²) in [6.45, 7) is 5.02. The molecule has 0 saturated carbocycles. The van der Waals surface area contributed by atoms with Crippen molar-refractivity contribution in [1.29, 1.82) is 0 Å². The van der Waals surface area contributed by atoms with E-state index in [2.05, 4.69) is 52.3 Å². The zero-order valence-corrected chi connectivity index (χ0v) is 13.4. The number of aryl methyl sites for hydroxylation is 1. The van der Waals surface area contributed by atoms with Crippen LogP contribution in [0.1, 0.15) is 29.6 Å². The van der Waals surface area contributed by atoms with E-state index in [4.69, 9.17) is 5.73 Å². The molecule has 21 heavy (non-hydrogen) atoms. The molecule has 0 aliphatic carbocycles. The number of benzene rings is 1. The van der Waals surface area contributed by atoms with Gasteiger partial charge in [0.1, 0.15) is 0 Å². The molecule has 2 N–H and O–H groups in total. The normalized spacial score (nSPS) is 12.9. The van der Waals surface area contributed by atoms with Gasteiger partial charge in [0.05, 0.1) is 17.2 Å². The van der Waals surface area contributed by atoms with Crippen molar-refractivity contribution in [2.75, 3.05) is 0 Å². The maximum Gasteiger partial charge on any atom is 0.0898 e. The maximum atomic E-state index is 6.14. The minimum absolute atomic E-state index is 0.228. The zero-order valence-electron chi connectivity index (χ0n) is 12.5. The van der Waals surface area contributed by atoms with Gasteiger partial charge in [0, 0.05) is 28.5 Å². The lowest BCUT2D eigenvalue weighted by atomic mass is 10.0. The Balaban J connectivity index is 1.98. The highest BCUT2D eigenvalue weighted by Gasteiger charge is 2.11. The van der Waals surface area contributed by atoms with E-state index in [-0.39, 0.29) is 6.04 Å². The molecule has 0 bridgehead atoms. The number of hydrogen-bond acceptors (Lipinski definition) is 3. The van der Waals surface area contributed by atoms with Gasteiger partial charge in [-0.15, -0.1) is 11.3 Å². The van der Waals surface area contributed by atoms with Gasteiger partial charge in [-0.25, -0.2) is 4.98 Å². The van der Waals surface area contributed by atoms with Gasteiger partial charge in [-0.05, 0) is 31.4 Å². The topological polar surface area (TPSA) is 43.8 Å². The molecule has 3 aromatic rings. The van der Waals surface area contributed by atoms with Crippen molar-refractivity contribution in [2.45, 2.75) is 39.3 Å². The Morgan fingerprint density at radius 3 is 2.86 bits per heavy atom. The Morgan fingerprint density at radius 1 is 1.33 bits per heavy atom. The second-order valence-corrected chi connectivity index (χ2v) is 6.59. The van der Waals surface area contributed by atoms with Crippen LogP contribution < -0.4 is 5.73 Å². The summed E-state index contributed by atoms with van der Waals surface area (Å²) in [6.07, 6.45) is 4.18. The summed E-state index contributed by atoms with van der Waals surface area (Å²) in [7, 11) is 0. The molecule has 0 amide bonds. The maximum absolute atomic E-state index is 6.14. The van der Waals surface area contributed by atoms with Crippen molar-refractivity contribution in [2.24, 2.45) is 5.73 Å². The number of hydrogen-bond donors (Lipinski definition) is 1. The van der Waals surface area contributed by atoms with Crippen LogP contribution in [0.3, 0.4) is 0 Å². The molecule has 1 unspecified atom stereocenters. The fraction of sp³-hybridized carbons (Fsp3) is 0.353. The van der Waals surface area contributed by atoms with Gasteiger partial charge < -0.3 is 10.3 Å². The van der Waals surface area contributed by atoms with E-state index in [1.54, 1.807) is 11.3 Å². The van der Waals surface area contributed by atoms with Crippen molar-refractivity contribution in [1.82, 2.24) is 9.55 Å². The van der Waals surface area contributed by atoms with Crippen molar-refractivity contribution in [3.8, 4) is 0 Å². The summed E-state index contributed by atoms with van der Waals surface area (Å²) in [5.74, 6) is 0. The standard InChI is InChI=1S/C17H21N3S/c1-3-14(18)8-13-9-20(10-15-11-21-12(2)19-15)17-7-5-4-6-16(13)17/h4-7,9,11,14H,3,8,10,18H2,1-2H3. The van der Waals surface area contributed by atoms with Crippen LogP contribution in [0.15, 0.2) is 35.8 Å². The third-order valence-corrected chi connectivity index (χ3v) is 4.70. The lowest BCUT2D eigenvalue weighted by molar-refractivity contribution is 0.646. The van der Waals surface area contributed by atoms with Gasteiger partial charge in [-0.2, -0.15) is 0 Å². The van der Waals surface area contributed by atoms with Crippen LogP contribution in [0.4, 0.5) is 0 Å². The van der Waals surface area contributed by atoms with E-state index in [0.717, 1.165) is 30.1 Å². The Labute approximate surface area is 129 Å². The number of nitrogens with two attached hydrogens (primary N) is 1. The molecule has 0 fully saturated rings. The van der Waals surface area contributed by atoms with E-state index in [1.165, 1.54) is 16.5 Å². The Bertz CT molecular complexity index is 741. The van der Waals surface area contributed by atoms with Crippen LogP contribution in [-0.4, -0.2) is 15.6 Å². The minimum Gasteiger partial charge on any atom is -0.341 e. The predicted octanol–water partition coefficient (Wildman–Crippen LogP) is 3.73. The van der Waals surface area contributed by atoms with E-state index in [1.807, 2.05) is 6.92 Å². The number of rotatable bonds is 5. The number of nitrogens with zero attached hydrogens (tertiary/aromatic N) is 2. The van der Waals surface area contributed by atoms with Crippen molar-refractivity contribution in [3.63, 3.8) is 0 Å². The Kier molecular flexibility index (Phi) is 4.08. The molecule has 0 spiro atoms. The van der Waals surface area contributed by atoms with Gasteiger partial charge >= 0.3 is 0 Å². The first-order valence-electron chi connectivity index (χ1n) is 7.40. The molecule has 1 aromatic carbocycles. The van der Waals surface area contributed by atoms with E-state index in [0.29, 0.717) is 0 Å². The molecule has 0 saturated heterocycles. The van der Waals surface area contributed by atoms with Crippen molar-refractivity contribution < 1.29 is 0 Å². The lowest BCUT2D eigenvalue weighted by Gasteiger charge is -2.06. The SMILES string of the molecule is CCC(N)Cc1cn(Cc2csc(C)n2)c2ccccc12. The van der Waals surface area contributed by atoms with Gasteiger partial charge in [0.2, 0.25) is 0 Å². The summed E-state index contributed by atoms with van der Waals surface area (Å²) in [5.41, 5.74) is 9.88. The molecule has 0 aliphatic heterocycles. The van der Waals surface area contributed by atoms with Crippen LogP contribution in [0, 0.1) is 6.92 Å². The zero-order chi connectivity index (χ0) is 14.8. The molecule has 4 heteroatoms. The molecule has 3 rings (SSSR count). The summed E-state index contributed by atoms with van der Waals surface area (Å²) < 4.78 is 2.29. The molecule has 0 radical (unpaired) electrons. The average molecular weight is 299 g/mol. The number of para-hydroxylation sites is 1. The fourth-order valence-electron chi connectivity index (χ4n) is 2.70. The van der Waals surface area contributed by atoms with Crippen LogP contribution >= 0.6 is 11.3 Å². The highest BCUT2D eigenvalue weighted by Crippen LogP contribution is 2.24. The third kappa shape index (κ3) is 3.01.